The Morgan fingerprint density at radius 3 is 3.00 bits per heavy atom. The normalized spacial score (nSPS) is 12.3. The van der Waals surface area contributed by atoms with E-state index in [1.165, 1.54) is 24.0 Å². The number of aromatic amines is 1. The van der Waals surface area contributed by atoms with Crippen molar-refractivity contribution in [3.05, 3.63) is 22.6 Å². The van der Waals surface area contributed by atoms with Gasteiger partial charge in [0, 0.05) is 18.0 Å². The van der Waals surface area contributed by atoms with Gasteiger partial charge in [0.15, 0.2) is 5.16 Å². The maximum atomic E-state index is 11.0. The highest BCUT2D eigenvalue weighted by molar-refractivity contribution is 7.99. The molecule has 7 heteroatoms. The minimum atomic E-state index is -1.06. The third kappa shape index (κ3) is 5.50. The molecule has 0 aliphatic carbocycles. The van der Waals surface area contributed by atoms with Crippen molar-refractivity contribution in [2.75, 3.05) is 5.75 Å². The topological polar surface area (TPSA) is 109 Å². The van der Waals surface area contributed by atoms with Crippen molar-refractivity contribution in [3.63, 3.8) is 0 Å². The van der Waals surface area contributed by atoms with Crippen LogP contribution in [0.1, 0.15) is 19.3 Å². The maximum absolute atomic E-state index is 11.0. The highest BCUT2D eigenvalue weighted by Crippen LogP contribution is 2.13. The summed E-state index contributed by atoms with van der Waals surface area (Å²) < 4.78 is 0. The standard InChI is InChI=1S/C10H15N3O3S/c11-9(16)7(14)3-1-2-6-17-10-12-5-4-8(15)13-10/h4-5,7,14H,1-3,6H2,(H2,11,16)(H,12,13,15). The molecule has 1 rings (SSSR count). The van der Waals surface area contributed by atoms with Gasteiger partial charge in [-0.15, -0.1) is 0 Å². The number of hydrogen-bond acceptors (Lipinski definition) is 5. The fourth-order valence-electron chi connectivity index (χ4n) is 1.18. The van der Waals surface area contributed by atoms with Crippen LogP contribution in [0.3, 0.4) is 0 Å². The molecule has 0 aliphatic heterocycles. The summed E-state index contributed by atoms with van der Waals surface area (Å²) in [5.74, 6) is 0.0741. The molecule has 1 unspecified atom stereocenters. The molecule has 0 saturated carbocycles. The molecule has 1 atom stereocenters. The molecule has 17 heavy (non-hydrogen) atoms. The number of carbonyl (C=O) groups excluding carboxylic acids is 1. The van der Waals surface area contributed by atoms with E-state index in [1.807, 2.05) is 0 Å². The van der Waals surface area contributed by atoms with Crippen LogP contribution in [0.5, 0.6) is 0 Å². The van der Waals surface area contributed by atoms with E-state index in [-0.39, 0.29) is 5.56 Å². The van der Waals surface area contributed by atoms with Gasteiger partial charge in [0.05, 0.1) is 0 Å². The number of thioether (sulfide) groups is 1. The molecule has 1 aromatic rings. The zero-order valence-electron chi connectivity index (χ0n) is 9.26. The second-order valence-corrected chi connectivity index (χ2v) is 4.59. The summed E-state index contributed by atoms with van der Waals surface area (Å²) in [6, 6.07) is 1.35. The van der Waals surface area contributed by atoms with Crippen molar-refractivity contribution >= 4 is 17.7 Å². The summed E-state index contributed by atoms with van der Waals surface area (Å²) in [4.78, 5) is 28.1. The highest BCUT2D eigenvalue weighted by atomic mass is 32.2. The minimum absolute atomic E-state index is 0.174. The van der Waals surface area contributed by atoms with Gasteiger partial charge in [0.2, 0.25) is 5.91 Å². The van der Waals surface area contributed by atoms with E-state index in [9.17, 15) is 9.59 Å². The summed E-state index contributed by atoms with van der Waals surface area (Å²) >= 11 is 1.43. The monoisotopic (exact) mass is 257 g/mol. The predicted octanol–water partition coefficient (Wildman–Crippen LogP) is -0.122. The first kappa shape index (κ1) is 13.7. The molecule has 6 nitrogen and oxygen atoms in total. The van der Waals surface area contributed by atoms with Gasteiger partial charge in [0.1, 0.15) is 6.10 Å². The smallest absolute Gasteiger partial charge is 0.251 e. The zero-order valence-corrected chi connectivity index (χ0v) is 10.1. The summed E-state index contributed by atoms with van der Waals surface area (Å²) in [5.41, 5.74) is 4.74. The first-order chi connectivity index (χ1) is 8.09. The number of nitrogens with zero attached hydrogens (tertiary/aromatic N) is 1. The van der Waals surface area contributed by atoms with E-state index in [1.54, 1.807) is 0 Å². The molecule has 0 aromatic carbocycles. The van der Waals surface area contributed by atoms with Crippen molar-refractivity contribution in [1.29, 1.82) is 0 Å². The van der Waals surface area contributed by atoms with Crippen LogP contribution in [0.25, 0.3) is 0 Å². The van der Waals surface area contributed by atoms with Gasteiger partial charge in [-0.05, 0) is 19.3 Å². The largest absolute Gasteiger partial charge is 0.383 e. The number of nitrogens with two attached hydrogens (primary N) is 1. The Bertz CT molecular complexity index is 421. The molecule has 1 heterocycles. The van der Waals surface area contributed by atoms with Gasteiger partial charge in [-0.2, -0.15) is 0 Å². The van der Waals surface area contributed by atoms with Crippen LogP contribution in [0.2, 0.25) is 0 Å². The second kappa shape index (κ2) is 7.08. The van der Waals surface area contributed by atoms with Crippen molar-refractivity contribution in [3.8, 4) is 0 Å². The van der Waals surface area contributed by atoms with Gasteiger partial charge in [-0.25, -0.2) is 4.98 Å². The van der Waals surface area contributed by atoms with Crippen molar-refractivity contribution in [2.24, 2.45) is 5.73 Å². The zero-order chi connectivity index (χ0) is 12.7. The second-order valence-electron chi connectivity index (χ2n) is 3.50. The molecule has 0 aliphatic rings. The van der Waals surface area contributed by atoms with Gasteiger partial charge < -0.3 is 15.8 Å². The number of aliphatic hydroxyl groups excluding tert-OH is 1. The number of amides is 1. The van der Waals surface area contributed by atoms with Crippen LogP contribution in [-0.2, 0) is 4.79 Å². The Hall–Kier alpha value is -1.34. The fourth-order valence-corrected chi connectivity index (χ4v) is 2.03. The van der Waals surface area contributed by atoms with E-state index in [4.69, 9.17) is 10.8 Å². The SMILES string of the molecule is NC(=O)C(O)CCCCSc1nccc(=O)[nH]1. The molecular weight excluding hydrogens is 242 g/mol. The lowest BCUT2D eigenvalue weighted by Gasteiger charge is -2.05. The van der Waals surface area contributed by atoms with Crippen LogP contribution >= 0.6 is 11.8 Å². The Kier molecular flexibility index (Phi) is 5.71. The number of aromatic nitrogens is 2. The lowest BCUT2D eigenvalue weighted by atomic mass is 10.1. The average Bonchev–Trinajstić information content (AvgIpc) is 2.28. The van der Waals surface area contributed by atoms with E-state index >= 15 is 0 Å². The third-order valence-electron chi connectivity index (χ3n) is 2.09. The molecule has 4 N–H and O–H groups in total. The number of nitrogens with one attached hydrogen (secondary N) is 1. The Morgan fingerprint density at radius 1 is 1.59 bits per heavy atom. The fraction of sp³-hybridized carbons (Fsp3) is 0.500. The Morgan fingerprint density at radius 2 is 2.35 bits per heavy atom. The van der Waals surface area contributed by atoms with Crippen molar-refractivity contribution in [1.82, 2.24) is 9.97 Å². The minimum Gasteiger partial charge on any atom is -0.383 e. The molecule has 1 amide bonds. The summed E-state index contributed by atoms with van der Waals surface area (Å²) in [5, 5.41) is 9.71. The summed E-state index contributed by atoms with van der Waals surface area (Å²) in [7, 11) is 0. The molecule has 0 bridgehead atoms. The molecule has 1 aromatic heterocycles. The average molecular weight is 257 g/mol. The van der Waals surface area contributed by atoms with Crippen LogP contribution in [0.4, 0.5) is 0 Å². The number of carbonyl (C=O) groups is 1. The van der Waals surface area contributed by atoms with Crippen LogP contribution < -0.4 is 11.3 Å². The first-order valence-corrected chi connectivity index (χ1v) is 6.23. The molecule has 94 valence electrons. The van der Waals surface area contributed by atoms with E-state index in [0.29, 0.717) is 18.0 Å². The third-order valence-corrected chi connectivity index (χ3v) is 3.06. The van der Waals surface area contributed by atoms with Gasteiger partial charge in [-0.1, -0.05) is 11.8 Å². The highest BCUT2D eigenvalue weighted by Gasteiger charge is 2.09. The summed E-state index contributed by atoms with van der Waals surface area (Å²) in [6.07, 6.45) is 2.28. The number of primary amides is 1. The van der Waals surface area contributed by atoms with E-state index in [2.05, 4.69) is 9.97 Å². The Labute approximate surface area is 103 Å². The molecule has 0 fully saturated rings. The van der Waals surface area contributed by atoms with Gasteiger partial charge in [0.25, 0.3) is 5.56 Å². The number of hydrogen-bond donors (Lipinski definition) is 3. The predicted molar refractivity (Wildman–Crippen MR) is 64.6 cm³/mol. The van der Waals surface area contributed by atoms with Crippen molar-refractivity contribution in [2.45, 2.75) is 30.5 Å². The number of aliphatic hydroxyl groups is 1. The summed E-state index contributed by atoms with van der Waals surface area (Å²) in [6.45, 7) is 0. The first-order valence-electron chi connectivity index (χ1n) is 5.25. The van der Waals surface area contributed by atoms with Gasteiger partial charge in [-0.3, -0.25) is 9.59 Å². The molecule has 0 radical (unpaired) electrons. The quantitative estimate of drug-likeness (QED) is 0.358. The Balaban J connectivity index is 2.16. The lowest BCUT2D eigenvalue weighted by Crippen LogP contribution is -2.27. The van der Waals surface area contributed by atoms with Crippen molar-refractivity contribution < 1.29 is 9.90 Å². The van der Waals surface area contributed by atoms with Crippen LogP contribution in [-0.4, -0.2) is 32.8 Å². The van der Waals surface area contributed by atoms with E-state index in [0.717, 1.165) is 12.2 Å². The number of unbranched alkanes of at least 4 members (excludes halogenated alkanes) is 1. The van der Waals surface area contributed by atoms with Gasteiger partial charge >= 0.3 is 0 Å². The molecule has 0 spiro atoms. The molecular formula is C10H15N3O3S. The maximum Gasteiger partial charge on any atom is 0.251 e. The van der Waals surface area contributed by atoms with Crippen LogP contribution in [0, 0.1) is 0 Å². The number of H-pyrrole nitrogens is 1. The molecule has 0 saturated heterocycles. The lowest BCUT2D eigenvalue weighted by molar-refractivity contribution is -0.126. The number of rotatable bonds is 7. The van der Waals surface area contributed by atoms with Crippen LogP contribution in [0.15, 0.2) is 22.2 Å². The van der Waals surface area contributed by atoms with E-state index < -0.39 is 12.0 Å².